The molecule has 0 aliphatic rings. The zero-order valence-electron chi connectivity index (χ0n) is 13.1. The Balaban J connectivity index is 1.91. The number of aromatic nitrogens is 4. The molecular formula is C14H18BrN5O3. The molecule has 8 nitrogen and oxygen atoms in total. The van der Waals surface area contributed by atoms with E-state index in [0.29, 0.717) is 13.1 Å². The number of nitrogens with one attached hydrogen (secondary N) is 1. The highest BCUT2D eigenvalue weighted by molar-refractivity contribution is 9.10. The molecule has 124 valence electrons. The smallest absolute Gasteiger partial charge is 0.338 e. The minimum absolute atomic E-state index is 0.0529. The van der Waals surface area contributed by atoms with E-state index in [-0.39, 0.29) is 11.5 Å². The summed E-state index contributed by atoms with van der Waals surface area (Å²) in [4.78, 5) is 22.9. The quantitative estimate of drug-likeness (QED) is 0.787. The van der Waals surface area contributed by atoms with Crippen molar-refractivity contribution in [2.24, 2.45) is 0 Å². The Kier molecular flexibility index (Phi) is 5.19. The summed E-state index contributed by atoms with van der Waals surface area (Å²) in [6, 6.07) is -0.588. The maximum Gasteiger partial charge on any atom is 0.338 e. The van der Waals surface area contributed by atoms with Crippen LogP contribution < -0.4 is 5.32 Å². The fourth-order valence-electron chi connectivity index (χ4n) is 2.11. The van der Waals surface area contributed by atoms with Crippen molar-refractivity contribution < 1.29 is 14.7 Å². The van der Waals surface area contributed by atoms with Crippen molar-refractivity contribution in [2.75, 3.05) is 6.54 Å². The van der Waals surface area contributed by atoms with E-state index >= 15 is 0 Å². The van der Waals surface area contributed by atoms with E-state index in [9.17, 15) is 9.59 Å². The predicted molar refractivity (Wildman–Crippen MR) is 86.3 cm³/mol. The molecular weight excluding hydrogens is 366 g/mol. The zero-order chi connectivity index (χ0) is 17.1. The molecule has 0 saturated heterocycles. The van der Waals surface area contributed by atoms with E-state index in [0.717, 1.165) is 15.9 Å². The van der Waals surface area contributed by atoms with Crippen LogP contribution in [-0.4, -0.2) is 43.1 Å². The second kappa shape index (κ2) is 6.95. The molecule has 1 atom stereocenters. The van der Waals surface area contributed by atoms with Gasteiger partial charge in [0.15, 0.2) is 0 Å². The molecule has 2 rings (SSSR count). The van der Waals surface area contributed by atoms with Crippen LogP contribution in [-0.2, 0) is 11.3 Å². The first-order valence-electron chi connectivity index (χ1n) is 7.06. The number of hydrogen-bond donors (Lipinski definition) is 2. The fraction of sp³-hybridized carbons (Fsp3) is 0.429. The van der Waals surface area contributed by atoms with E-state index in [1.54, 1.807) is 6.92 Å². The van der Waals surface area contributed by atoms with Crippen molar-refractivity contribution in [3.63, 3.8) is 0 Å². The number of hydrogen-bond acceptors (Lipinski definition) is 4. The van der Waals surface area contributed by atoms with Gasteiger partial charge in [0.2, 0.25) is 5.91 Å². The molecule has 0 aliphatic carbocycles. The van der Waals surface area contributed by atoms with Crippen LogP contribution in [0, 0.1) is 13.8 Å². The SMILES string of the molecule is Cc1nn(CCNC(=O)C(C)n2cc(C(=O)O)cn2)c(C)c1Br. The Hall–Kier alpha value is -2.16. The summed E-state index contributed by atoms with van der Waals surface area (Å²) < 4.78 is 4.12. The van der Waals surface area contributed by atoms with Gasteiger partial charge in [-0.2, -0.15) is 10.2 Å². The van der Waals surface area contributed by atoms with Gasteiger partial charge in [-0.1, -0.05) is 0 Å². The first kappa shape index (κ1) is 17.2. The first-order chi connectivity index (χ1) is 10.8. The second-order valence-corrected chi connectivity index (χ2v) is 5.98. The van der Waals surface area contributed by atoms with Gasteiger partial charge in [0, 0.05) is 18.4 Å². The van der Waals surface area contributed by atoms with E-state index in [4.69, 9.17) is 5.11 Å². The number of carboxylic acid groups (broad SMARTS) is 1. The van der Waals surface area contributed by atoms with Gasteiger partial charge in [-0.3, -0.25) is 14.2 Å². The molecule has 0 spiro atoms. The van der Waals surface area contributed by atoms with E-state index < -0.39 is 12.0 Å². The molecule has 0 aromatic carbocycles. The maximum absolute atomic E-state index is 12.1. The molecule has 1 amide bonds. The Morgan fingerprint density at radius 3 is 2.65 bits per heavy atom. The minimum atomic E-state index is -1.07. The Morgan fingerprint density at radius 1 is 1.43 bits per heavy atom. The molecule has 9 heteroatoms. The van der Waals surface area contributed by atoms with E-state index in [1.807, 2.05) is 18.5 Å². The average Bonchev–Trinajstić information content (AvgIpc) is 3.09. The third-order valence-corrected chi connectivity index (χ3v) is 4.69. The molecule has 0 fully saturated rings. The number of carbonyl (C=O) groups is 2. The summed E-state index contributed by atoms with van der Waals surface area (Å²) in [6.45, 7) is 6.49. The minimum Gasteiger partial charge on any atom is -0.478 e. The lowest BCUT2D eigenvalue weighted by atomic mass is 10.3. The van der Waals surface area contributed by atoms with Crippen molar-refractivity contribution >= 4 is 27.8 Å². The second-order valence-electron chi connectivity index (χ2n) is 5.19. The molecule has 0 radical (unpaired) electrons. The summed E-state index contributed by atoms with van der Waals surface area (Å²) in [5, 5.41) is 19.9. The number of carboxylic acids is 1. The van der Waals surface area contributed by atoms with Gasteiger partial charge < -0.3 is 10.4 Å². The Bertz CT molecular complexity index is 737. The molecule has 1 unspecified atom stereocenters. The lowest BCUT2D eigenvalue weighted by molar-refractivity contribution is -0.124. The largest absolute Gasteiger partial charge is 0.478 e. The van der Waals surface area contributed by atoms with Gasteiger partial charge in [-0.05, 0) is 36.7 Å². The van der Waals surface area contributed by atoms with Crippen molar-refractivity contribution in [2.45, 2.75) is 33.4 Å². The lowest BCUT2D eigenvalue weighted by Gasteiger charge is -2.13. The fourth-order valence-corrected chi connectivity index (χ4v) is 2.39. The molecule has 2 aromatic rings. The maximum atomic E-state index is 12.1. The summed E-state index contributed by atoms with van der Waals surface area (Å²) in [5.74, 6) is -1.30. The Labute approximate surface area is 141 Å². The molecule has 2 aromatic heterocycles. The number of carbonyl (C=O) groups excluding carboxylic acids is 1. The van der Waals surface area contributed by atoms with Crippen molar-refractivity contribution in [3.8, 4) is 0 Å². The topological polar surface area (TPSA) is 102 Å². The Morgan fingerprint density at radius 2 is 2.13 bits per heavy atom. The van der Waals surface area contributed by atoms with Gasteiger partial charge in [-0.25, -0.2) is 4.79 Å². The molecule has 2 heterocycles. The predicted octanol–water partition coefficient (Wildman–Crippen LogP) is 1.53. The first-order valence-corrected chi connectivity index (χ1v) is 7.85. The molecule has 0 bridgehead atoms. The third kappa shape index (κ3) is 3.79. The highest BCUT2D eigenvalue weighted by atomic mass is 79.9. The number of nitrogens with zero attached hydrogens (tertiary/aromatic N) is 4. The number of aryl methyl sites for hydroxylation is 1. The summed E-state index contributed by atoms with van der Waals surface area (Å²) >= 11 is 3.46. The summed E-state index contributed by atoms with van der Waals surface area (Å²) in [5.41, 5.74) is 1.96. The normalized spacial score (nSPS) is 12.2. The number of halogens is 1. The van der Waals surface area contributed by atoms with Crippen LogP contribution in [0.3, 0.4) is 0 Å². The van der Waals surface area contributed by atoms with Crippen LogP contribution in [0.1, 0.15) is 34.7 Å². The standard InChI is InChI=1S/C14H18BrN5O3/c1-8-12(15)9(2)19(18-8)5-4-16-13(21)10(3)20-7-11(6-17-20)14(22)23/h6-7,10H,4-5H2,1-3H3,(H,16,21)(H,22,23). The van der Waals surface area contributed by atoms with Gasteiger partial charge >= 0.3 is 5.97 Å². The zero-order valence-corrected chi connectivity index (χ0v) is 14.7. The summed E-state index contributed by atoms with van der Waals surface area (Å²) in [6.07, 6.45) is 2.56. The molecule has 2 N–H and O–H groups in total. The van der Waals surface area contributed by atoms with Crippen molar-refractivity contribution in [1.82, 2.24) is 24.9 Å². The van der Waals surface area contributed by atoms with Crippen LogP contribution in [0.2, 0.25) is 0 Å². The number of rotatable bonds is 6. The van der Waals surface area contributed by atoms with Gasteiger partial charge in [0.25, 0.3) is 0 Å². The van der Waals surface area contributed by atoms with E-state index in [1.165, 1.54) is 17.1 Å². The van der Waals surface area contributed by atoms with Crippen LogP contribution in [0.15, 0.2) is 16.9 Å². The van der Waals surface area contributed by atoms with Crippen LogP contribution >= 0.6 is 15.9 Å². The molecule has 23 heavy (non-hydrogen) atoms. The number of amides is 1. The van der Waals surface area contributed by atoms with Gasteiger partial charge in [-0.15, -0.1) is 0 Å². The van der Waals surface area contributed by atoms with Crippen LogP contribution in [0.5, 0.6) is 0 Å². The van der Waals surface area contributed by atoms with Crippen molar-refractivity contribution in [3.05, 3.63) is 33.8 Å². The highest BCUT2D eigenvalue weighted by Crippen LogP contribution is 2.19. The number of aromatic carboxylic acids is 1. The van der Waals surface area contributed by atoms with Crippen LogP contribution in [0.25, 0.3) is 0 Å². The average molecular weight is 384 g/mol. The molecule has 0 saturated carbocycles. The van der Waals surface area contributed by atoms with Gasteiger partial charge in [0.05, 0.1) is 28.5 Å². The van der Waals surface area contributed by atoms with Gasteiger partial charge in [0.1, 0.15) is 6.04 Å². The monoisotopic (exact) mass is 383 g/mol. The lowest BCUT2D eigenvalue weighted by Crippen LogP contribution is -2.33. The highest BCUT2D eigenvalue weighted by Gasteiger charge is 2.17. The summed E-state index contributed by atoms with van der Waals surface area (Å²) in [7, 11) is 0. The van der Waals surface area contributed by atoms with E-state index in [2.05, 4.69) is 31.4 Å². The molecule has 0 aliphatic heterocycles. The van der Waals surface area contributed by atoms with Crippen molar-refractivity contribution in [1.29, 1.82) is 0 Å². The third-order valence-electron chi connectivity index (χ3n) is 3.54. The van der Waals surface area contributed by atoms with Crippen LogP contribution in [0.4, 0.5) is 0 Å².